The molecule has 4 amide bonds. The highest BCUT2D eigenvalue weighted by molar-refractivity contribution is 7.14. The zero-order chi connectivity index (χ0) is 57.2. The first-order valence-corrected chi connectivity index (χ1v) is 29.2. The number of nitrogens with zero attached hydrogens (tertiary/aromatic N) is 7. The molecule has 0 bridgehead atoms. The van der Waals surface area contributed by atoms with Crippen LogP contribution in [0.15, 0.2) is 89.8 Å². The van der Waals surface area contributed by atoms with Gasteiger partial charge in [0.2, 0.25) is 17.7 Å². The zero-order valence-electron chi connectivity index (χ0n) is 46.3. The third kappa shape index (κ3) is 21.9. The molecule has 3 aromatic carbocycles. The number of alkyl halides is 2. The topological polar surface area (TPSA) is 213 Å². The highest BCUT2D eigenvalue weighted by atomic mass is 32.1. The van der Waals surface area contributed by atoms with E-state index in [1.807, 2.05) is 68.6 Å². The summed E-state index contributed by atoms with van der Waals surface area (Å²) in [6, 6.07) is 21.0. The summed E-state index contributed by atoms with van der Waals surface area (Å²) in [6.45, 7) is 10.2. The van der Waals surface area contributed by atoms with Crippen molar-refractivity contribution in [1.29, 1.82) is 0 Å². The third-order valence-electron chi connectivity index (χ3n) is 13.3. The number of anilines is 2. The van der Waals surface area contributed by atoms with Crippen molar-refractivity contribution in [1.82, 2.24) is 40.1 Å². The number of halogens is 2. The maximum atomic E-state index is 14.4. The standard InChI is InChI=1S/C58H74F2N10O9S2/c1-42-6-8-45(9-7-42)37-61-55(73)54(52-41-80-43(2)62-52)70(38-46-20-23-58(59,60)36-46)53(72)19-12-44-10-15-50(16-11-44)78-28-5-4-24-68(3)25-30-76-33-32-75-29-22-48-39-69(67-66-48)26-31-77-34-35-79-51-17-13-47(14-18-51)63-56(74)65-57-64-49(21-27-71)40-81-57/h6-11,13-18,27,39-41,46,54H,4-5,12,19-26,28-38H2,1-3H3,(H,61,73)(H2,63,64,65,74). The molecule has 1 fully saturated rings. The molecule has 436 valence electrons. The fourth-order valence-electron chi connectivity index (χ4n) is 8.89. The molecule has 81 heavy (non-hydrogen) atoms. The van der Waals surface area contributed by atoms with Gasteiger partial charge >= 0.3 is 6.03 Å². The number of nitrogens with one attached hydrogen (secondary N) is 3. The first-order chi connectivity index (χ1) is 39.3. The second-order valence-corrected chi connectivity index (χ2v) is 21.9. The van der Waals surface area contributed by atoms with E-state index in [2.05, 4.69) is 48.2 Å². The zero-order valence-corrected chi connectivity index (χ0v) is 48.0. The molecule has 19 nitrogen and oxygen atoms in total. The number of carbonyl (C=O) groups is 4. The van der Waals surface area contributed by atoms with Gasteiger partial charge in [0.05, 0.1) is 74.9 Å². The molecule has 3 heterocycles. The van der Waals surface area contributed by atoms with Crippen molar-refractivity contribution in [3.8, 4) is 11.5 Å². The van der Waals surface area contributed by atoms with Gasteiger partial charge in [-0.2, -0.15) is 0 Å². The smallest absolute Gasteiger partial charge is 0.325 e. The molecule has 1 aliphatic rings. The molecular formula is C58H74F2N10O9S2. The van der Waals surface area contributed by atoms with E-state index in [1.165, 1.54) is 27.6 Å². The van der Waals surface area contributed by atoms with Crippen LogP contribution in [0.4, 0.5) is 24.4 Å². The minimum Gasteiger partial charge on any atom is -0.494 e. The summed E-state index contributed by atoms with van der Waals surface area (Å²) >= 11 is 2.63. The van der Waals surface area contributed by atoms with E-state index >= 15 is 0 Å². The van der Waals surface area contributed by atoms with Gasteiger partial charge in [-0.1, -0.05) is 47.2 Å². The molecule has 6 aromatic rings. The van der Waals surface area contributed by atoms with Crippen LogP contribution in [0.3, 0.4) is 0 Å². The number of ether oxygens (including phenoxy) is 5. The molecule has 0 spiro atoms. The number of hydrogen-bond acceptors (Lipinski definition) is 16. The van der Waals surface area contributed by atoms with E-state index in [0.29, 0.717) is 100 Å². The van der Waals surface area contributed by atoms with E-state index in [0.717, 1.165) is 65.4 Å². The van der Waals surface area contributed by atoms with E-state index in [4.69, 9.17) is 23.7 Å². The van der Waals surface area contributed by atoms with E-state index < -0.39 is 29.8 Å². The second-order valence-electron chi connectivity index (χ2n) is 19.9. The fourth-order valence-corrected chi connectivity index (χ4v) is 10.2. The van der Waals surface area contributed by atoms with Gasteiger partial charge in [0, 0.05) is 74.4 Å². The maximum absolute atomic E-state index is 14.4. The number of carbonyl (C=O) groups excluding carboxylic acids is 4. The van der Waals surface area contributed by atoms with Gasteiger partial charge in [-0.05, 0) is 107 Å². The summed E-state index contributed by atoms with van der Waals surface area (Å²) in [4.78, 5) is 63.6. The van der Waals surface area contributed by atoms with Gasteiger partial charge in [0.15, 0.2) is 11.2 Å². The minimum absolute atomic E-state index is 0.0464. The Morgan fingerprint density at radius 1 is 0.790 bits per heavy atom. The molecule has 7 rings (SSSR count). The lowest BCUT2D eigenvalue weighted by molar-refractivity contribution is -0.142. The molecule has 3 aromatic heterocycles. The Morgan fingerprint density at radius 3 is 2.23 bits per heavy atom. The number of aromatic nitrogens is 5. The van der Waals surface area contributed by atoms with Gasteiger partial charge in [-0.15, -0.1) is 27.8 Å². The number of aryl methyl sites for hydroxylation is 3. The summed E-state index contributed by atoms with van der Waals surface area (Å²) in [6.07, 6.45) is 5.56. The Hall–Kier alpha value is -6.76. The molecule has 3 N–H and O–H groups in total. The van der Waals surface area contributed by atoms with Crippen molar-refractivity contribution in [3.05, 3.63) is 129 Å². The van der Waals surface area contributed by atoms with Crippen molar-refractivity contribution in [2.45, 2.75) is 96.7 Å². The third-order valence-corrected chi connectivity index (χ3v) is 14.9. The Labute approximate surface area is 480 Å². The summed E-state index contributed by atoms with van der Waals surface area (Å²) in [7, 11) is 2.07. The highest BCUT2D eigenvalue weighted by Crippen LogP contribution is 2.40. The van der Waals surface area contributed by atoms with Crippen LogP contribution >= 0.6 is 22.7 Å². The molecule has 0 radical (unpaired) electrons. The average molecular weight is 1160 g/mol. The fraction of sp³-hybridized carbons (Fsp3) is 0.483. The van der Waals surface area contributed by atoms with Crippen LogP contribution in [-0.2, 0) is 60.9 Å². The number of aldehydes is 1. The molecule has 2 atom stereocenters. The lowest BCUT2D eigenvalue weighted by Crippen LogP contribution is -2.45. The number of benzene rings is 3. The van der Waals surface area contributed by atoms with E-state index in [-0.39, 0.29) is 51.1 Å². The number of unbranched alkanes of at least 4 members (excludes halogenated alkanes) is 1. The summed E-state index contributed by atoms with van der Waals surface area (Å²) < 4.78 is 59.6. The first-order valence-electron chi connectivity index (χ1n) is 27.4. The van der Waals surface area contributed by atoms with Gasteiger partial charge in [0.1, 0.15) is 24.4 Å². The molecule has 1 saturated carbocycles. The number of urea groups is 1. The summed E-state index contributed by atoms with van der Waals surface area (Å²) in [5, 5.41) is 21.4. The van der Waals surface area contributed by atoms with Crippen LogP contribution < -0.4 is 25.4 Å². The Kier molecular flexibility index (Phi) is 24.9. The van der Waals surface area contributed by atoms with Crippen LogP contribution in [0, 0.1) is 19.8 Å². The van der Waals surface area contributed by atoms with E-state index in [1.54, 1.807) is 39.7 Å². The Morgan fingerprint density at radius 2 is 1.51 bits per heavy atom. The number of thiazole rings is 2. The Balaban J connectivity index is 0.694. The normalized spacial score (nSPS) is 14.2. The largest absolute Gasteiger partial charge is 0.494 e. The first kappa shape index (κ1) is 61.9. The van der Waals surface area contributed by atoms with Gasteiger partial charge in [-0.3, -0.25) is 14.9 Å². The van der Waals surface area contributed by atoms with Crippen molar-refractivity contribution in [3.63, 3.8) is 0 Å². The molecule has 2 unspecified atom stereocenters. The van der Waals surface area contributed by atoms with Gasteiger partial charge in [-0.25, -0.2) is 28.2 Å². The summed E-state index contributed by atoms with van der Waals surface area (Å²) in [5.41, 5.74) is 5.40. The molecule has 1 aliphatic carbocycles. The number of likely N-dealkylation sites (N-methyl/N-ethyl adjacent to an activating group) is 1. The lowest BCUT2D eigenvalue weighted by Gasteiger charge is -2.32. The monoisotopic (exact) mass is 1160 g/mol. The summed E-state index contributed by atoms with van der Waals surface area (Å²) in [5.74, 6) is -2.52. The highest BCUT2D eigenvalue weighted by Gasteiger charge is 2.42. The number of rotatable bonds is 36. The van der Waals surface area contributed by atoms with Crippen LogP contribution in [0.2, 0.25) is 0 Å². The number of hydrogen-bond donors (Lipinski definition) is 3. The second kappa shape index (κ2) is 32.6. The quantitative estimate of drug-likeness (QED) is 0.0248. The van der Waals surface area contributed by atoms with Crippen molar-refractivity contribution < 1.29 is 51.6 Å². The van der Waals surface area contributed by atoms with Crippen molar-refractivity contribution in [2.24, 2.45) is 5.92 Å². The van der Waals surface area contributed by atoms with Crippen molar-refractivity contribution in [2.75, 3.05) is 90.2 Å². The minimum atomic E-state index is -2.79. The van der Waals surface area contributed by atoms with Gasteiger partial charge in [0.25, 0.3) is 0 Å². The number of amides is 4. The van der Waals surface area contributed by atoms with E-state index in [9.17, 15) is 28.0 Å². The van der Waals surface area contributed by atoms with Crippen LogP contribution in [0.5, 0.6) is 11.5 Å². The molecular weight excluding hydrogens is 1080 g/mol. The molecule has 23 heteroatoms. The SMILES string of the molecule is Cc1ccc(CNC(=O)C(c2csc(C)n2)N(CC2CCC(F)(F)C2)C(=O)CCc2ccc(OCCCCN(C)CCOCCOCCc3cn(CCOCCOc4ccc(NC(=O)Nc5nc(CC=O)cs5)cc4)nn3)cc2)cc1. The Bertz CT molecular complexity index is 2850. The van der Waals surface area contributed by atoms with Crippen LogP contribution in [0.1, 0.15) is 83.3 Å². The predicted molar refractivity (Wildman–Crippen MR) is 306 cm³/mol. The molecule has 0 saturated heterocycles. The van der Waals surface area contributed by atoms with Crippen LogP contribution in [-0.4, -0.2) is 144 Å². The molecule has 0 aliphatic heterocycles. The van der Waals surface area contributed by atoms with Gasteiger partial charge < -0.3 is 48.9 Å². The van der Waals surface area contributed by atoms with Crippen LogP contribution in [0.25, 0.3) is 0 Å². The maximum Gasteiger partial charge on any atom is 0.325 e. The predicted octanol–water partition coefficient (Wildman–Crippen LogP) is 8.91. The lowest BCUT2D eigenvalue weighted by atomic mass is 10.0. The average Bonchev–Trinajstić information content (AvgIpc) is 4.29. The van der Waals surface area contributed by atoms with Crippen molar-refractivity contribution >= 4 is 57.6 Å².